The highest BCUT2D eigenvalue weighted by Crippen LogP contribution is 2.36. The number of nitro benzene ring substituents is 1. The Balaban J connectivity index is 2.45. The summed E-state index contributed by atoms with van der Waals surface area (Å²) in [7, 11) is 0. The molecule has 0 heterocycles. The molecule has 0 atom stereocenters. The maximum absolute atomic E-state index is 10.9. The van der Waals surface area contributed by atoms with Crippen LogP contribution in [0.2, 0.25) is 0 Å². The summed E-state index contributed by atoms with van der Waals surface area (Å²) >= 11 is 0. The first-order chi connectivity index (χ1) is 7.27. The van der Waals surface area contributed by atoms with Crippen LogP contribution in [0.25, 0.3) is 10.8 Å². The van der Waals surface area contributed by atoms with Crippen molar-refractivity contribution in [1.82, 2.24) is 0 Å². The first-order valence-electron chi connectivity index (χ1n) is 4.95. The van der Waals surface area contributed by atoms with Gasteiger partial charge in [0.1, 0.15) is 0 Å². The lowest BCUT2D eigenvalue weighted by atomic mass is 10.0. The summed E-state index contributed by atoms with van der Waals surface area (Å²) in [5.41, 5.74) is 2.42. The molecule has 0 aliphatic heterocycles. The van der Waals surface area contributed by atoms with Crippen LogP contribution in [0.15, 0.2) is 30.3 Å². The van der Waals surface area contributed by atoms with Gasteiger partial charge in [0.15, 0.2) is 0 Å². The SMILES string of the molecule is O=[N+]([O-])c1ccc2cccc3c2c1CC3. The Morgan fingerprint density at radius 1 is 1.13 bits per heavy atom. The van der Waals surface area contributed by atoms with Crippen LogP contribution in [0.1, 0.15) is 11.1 Å². The van der Waals surface area contributed by atoms with E-state index in [1.165, 1.54) is 5.56 Å². The Labute approximate surface area is 86.5 Å². The summed E-state index contributed by atoms with van der Waals surface area (Å²) in [5, 5.41) is 13.1. The largest absolute Gasteiger partial charge is 0.273 e. The minimum Gasteiger partial charge on any atom is -0.258 e. The van der Waals surface area contributed by atoms with Gasteiger partial charge in [-0.25, -0.2) is 0 Å². The second-order valence-electron chi connectivity index (χ2n) is 3.84. The van der Waals surface area contributed by atoms with Gasteiger partial charge in [0.05, 0.1) is 4.92 Å². The highest BCUT2D eigenvalue weighted by Gasteiger charge is 2.22. The van der Waals surface area contributed by atoms with Crippen LogP contribution in [0.5, 0.6) is 0 Å². The Morgan fingerprint density at radius 2 is 2.00 bits per heavy atom. The van der Waals surface area contributed by atoms with E-state index in [4.69, 9.17) is 0 Å². The fraction of sp³-hybridized carbons (Fsp3) is 0.167. The van der Waals surface area contributed by atoms with Gasteiger partial charge >= 0.3 is 0 Å². The quantitative estimate of drug-likeness (QED) is 0.523. The van der Waals surface area contributed by atoms with Gasteiger partial charge in [-0.1, -0.05) is 18.2 Å². The zero-order valence-electron chi connectivity index (χ0n) is 8.06. The molecule has 15 heavy (non-hydrogen) atoms. The summed E-state index contributed by atoms with van der Waals surface area (Å²) < 4.78 is 0. The number of aryl methyl sites for hydroxylation is 2. The van der Waals surface area contributed by atoms with Crippen molar-refractivity contribution in [3.63, 3.8) is 0 Å². The highest BCUT2D eigenvalue weighted by atomic mass is 16.6. The number of nitro groups is 1. The predicted molar refractivity (Wildman–Crippen MR) is 58.0 cm³/mol. The Bertz CT molecular complexity index is 575. The van der Waals surface area contributed by atoms with E-state index in [-0.39, 0.29) is 10.6 Å². The van der Waals surface area contributed by atoms with Gasteiger partial charge in [0.2, 0.25) is 0 Å². The van der Waals surface area contributed by atoms with E-state index in [9.17, 15) is 10.1 Å². The van der Waals surface area contributed by atoms with Gasteiger partial charge in [-0.15, -0.1) is 0 Å². The second kappa shape index (κ2) is 2.79. The van der Waals surface area contributed by atoms with E-state index < -0.39 is 0 Å². The minimum absolute atomic E-state index is 0.271. The molecule has 3 rings (SSSR count). The molecular weight excluding hydrogens is 190 g/mol. The van der Waals surface area contributed by atoms with Crippen molar-refractivity contribution in [1.29, 1.82) is 0 Å². The molecule has 0 saturated carbocycles. The molecule has 1 aliphatic rings. The van der Waals surface area contributed by atoms with Crippen molar-refractivity contribution in [2.45, 2.75) is 12.8 Å². The van der Waals surface area contributed by atoms with E-state index in [1.54, 1.807) is 6.07 Å². The summed E-state index contributed by atoms with van der Waals surface area (Å²) in [6.45, 7) is 0. The van der Waals surface area contributed by atoms with Crippen molar-refractivity contribution >= 4 is 16.5 Å². The standard InChI is InChI=1S/C12H9NO2/c14-13(15)11-7-5-9-3-1-2-8-4-6-10(11)12(8)9/h1-3,5,7H,4,6H2. The lowest BCUT2D eigenvalue weighted by molar-refractivity contribution is -0.385. The topological polar surface area (TPSA) is 43.1 Å². The van der Waals surface area contributed by atoms with Crippen molar-refractivity contribution in [3.8, 4) is 0 Å². The normalized spacial score (nSPS) is 13.3. The van der Waals surface area contributed by atoms with Crippen molar-refractivity contribution in [3.05, 3.63) is 51.6 Å². The number of nitrogens with zero attached hydrogens (tertiary/aromatic N) is 1. The monoisotopic (exact) mass is 199 g/mol. The predicted octanol–water partition coefficient (Wildman–Crippen LogP) is 2.85. The third-order valence-electron chi connectivity index (χ3n) is 3.06. The Morgan fingerprint density at radius 3 is 2.80 bits per heavy atom. The summed E-state index contributed by atoms with van der Waals surface area (Å²) in [5.74, 6) is 0. The van der Waals surface area contributed by atoms with Crippen LogP contribution in [0.4, 0.5) is 5.69 Å². The van der Waals surface area contributed by atoms with E-state index in [0.29, 0.717) is 0 Å². The van der Waals surface area contributed by atoms with Crippen molar-refractivity contribution < 1.29 is 4.92 Å². The van der Waals surface area contributed by atoms with Crippen molar-refractivity contribution in [2.75, 3.05) is 0 Å². The average molecular weight is 199 g/mol. The van der Waals surface area contributed by atoms with Crippen LogP contribution in [-0.2, 0) is 12.8 Å². The molecule has 1 aliphatic carbocycles. The molecule has 0 bridgehead atoms. The van der Waals surface area contributed by atoms with Gasteiger partial charge in [0, 0.05) is 11.6 Å². The summed E-state index contributed by atoms with van der Waals surface area (Å²) in [6.07, 6.45) is 1.73. The first-order valence-corrected chi connectivity index (χ1v) is 4.95. The van der Waals surface area contributed by atoms with Gasteiger partial charge in [-0.2, -0.15) is 0 Å². The zero-order valence-corrected chi connectivity index (χ0v) is 8.06. The number of benzene rings is 2. The third-order valence-corrected chi connectivity index (χ3v) is 3.06. The zero-order chi connectivity index (χ0) is 10.4. The van der Waals surface area contributed by atoms with Crippen LogP contribution in [0.3, 0.4) is 0 Å². The Kier molecular flexibility index (Phi) is 1.57. The third kappa shape index (κ3) is 1.06. The van der Waals surface area contributed by atoms with Gasteiger partial charge in [0.25, 0.3) is 5.69 Å². The molecule has 3 heteroatoms. The Hall–Kier alpha value is -1.90. The fourth-order valence-corrected chi connectivity index (χ4v) is 2.42. The molecule has 0 fully saturated rings. The molecule has 3 nitrogen and oxygen atoms in total. The molecule has 0 unspecified atom stereocenters. The van der Waals surface area contributed by atoms with E-state index in [0.717, 1.165) is 29.2 Å². The first kappa shape index (κ1) is 8.41. The molecule has 0 amide bonds. The molecule has 0 aromatic heterocycles. The highest BCUT2D eigenvalue weighted by molar-refractivity contribution is 5.93. The van der Waals surface area contributed by atoms with Crippen LogP contribution >= 0.6 is 0 Å². The van der Waals surface area contributed by atoms with Crippen molar-refractivity contribution in [2.24, 2.45) is 0 Å². The molecule has 74 valence electrons. The number of hydrogen-bond donors (Lipinski definition) is 0. The average Bonchev–Trinajstić information content (AvgIpc) is 2.65. The van der Waals surface area contributed by atoms with Crippen LogP contribution < -0.4 is 0 Å². The smallest absolute Gasteiger partial charge is 0.258 e. The lowest BCUT2D eigenvalue weighted by Crippen LogP contribution is -1.93. The summed E-state index contributed by atoms with van der Waals surface area (Å²) in [6, 6.07) is 9.54. The molecule has 0 spiro atoms. The van der Waals surface area contributed by atoms with E-state index in [1.807, 2.05) is 18.2 Å². The number of rotatable bonds is 1. The molecule has 0 saturated heterocycles. The van der Waals surface area contributed by atoms with E-state index in [2.05, 4.69) is 6.07 Å². The molecule has 2 aromatic rings. The molecule has 0 radical (unpaired) electrons. The molecule has 2 aromatic carbocycles. The van der Waals surface area contributed by atoms with Crippen LogP contribution in [-0.4, -0.2) is 4.92 Å². The van der Waals surface area contributed by atoms with Gasteiger partial charge < -0.3 is 0 Å². The maximum atomic E-state index is 10.9. The van der Waals surface area contributed by atoms with Gasteiger partial charge in [-0.3, -0.25) is 10.1 Å². The molecular formula is C12H9NO2. The number of hydrogen-bond acceptors (Lipinski definition) is 2. The maximum Gasteiger partial charge on any atom is 0.273 e. The van der Waals surface area contributed by atoms with Crippen LogP contribution in [0, 0.1) is 10.1 Å². The minimum atomic E-state index is -0.281. The molecule has 0 N–H and O–H groups in total. The summed E-state index contributed by atoms with van der Waals surface area (Å²) in [4.78, 5) is 10.6. The second-order valence-corrected chi connectivity index (χ2v) is 3.84. The fourth-order valence-electron chi connectivity index (χ4n) is 2.42. The van der Waals surface area contributed by atoms with Gasteiger partial charge in [-0.05, 0) is 35.2 Å². The lowest BCUT2D eigenvalue weighted by Gasteiger charge is -2.01. The van der Waals surface area contributed by atoms with E-state index >= 15 is 0 Å².